The first-order valence-corrected chi connectivity index (χ1v) is 17.0. The van der Waals surface area contributed by atoms with Crippen LogP contribution in [0, 0.1) is 0 Å². The highest BCUT2D eigenvalue weighted by atomic mass is 16.3. The Balaban J connectivity index is 0. The number of rotatable bonds is 29. The van der Waals surface area contributed by atoms with Crippen LogP contribution in [0.2, 0.25) is 0 Å². The van der Waals surface area contributed by atoms with Crippen molar-refractivity contribution in [3.05, 3.63) is 0 Å². The Bertz CT molecular complexity index is 397. The highest BCUT2D eigenvalue weighted by Gasteiger charge is 2.14. The molecule has 0 heterocycles. The molecule has 2 atom stereocenters. The van der Waals surface area contributed by atoms with E-state index in [2.05, 4.69) is 26.1 Å². The van der Waals surface area contributed by atoms with E-state index in [0.717, 1.165) is 32.0 Å². The standard InChI is InChI=1S/C20H43NO.C14H28O/c1-4-6-7-8-9-10-11-12-13-14-15-16-17-18-20(22)19(5-2)21-3;1-2-3-4-5-6-7-8-9-10-11-12-13-14-15/h19-22H,4-18H2,1-3H3;14H,2-13H2,1H3. The van der Waals surface area contributed by atoms with E-state index in [1.807, 2.05) is 7.05 Å². The van der Waals surface area contributed by atoms with Gasteiger partial charge in [-0.25, -0.2) is 0 Å². The molecule has 3 heteroatoms. The molecule has 224 valence electrons. The Morgan fingerprint density at radius 1 is 0.541 bits per heavy atom. The number of hydrogen-bond acceptors (Lipinski definition) is 3. The Hall–Kier alpha value is -0.410. The molecule has 0 rings (SSSR count). The van der Waals surface area contributed by atoms with Crippen LogP contribution in [0.3, 0.4) is 0 Å². The number of carbonyl (C=O) groups is 1. The van der Waals surface area contributed by atoms with Gasteiger partial charge in [-0.2, -0.15) is 0 Å². The first kappa shape index (κ1) is 38.7. The Morgan fingerprint density at radius 3 is 1.16 bits per heavy atom. The quantitative estimate of drug-likeness (QED) is 0.0754. The fourth-order valence-electron chi connectivity index (χ4n) is 5.13. The van der Waals surface area contributed by atoms with Crippen molar-refractivity contribution in [3.8, 4) is 0 Å². The van der Waals surface area contributed by atoms with Crippen molar-refractivity contribution in [2.45, 2.75) is 206 Å². The van der Waals surface area contributed by atoms with Gasteiger partial charge < -0.3 is 15.2 Å². The van der Waals surface area contributed by atoms with Crippen molar-refractivity contribution >= 4 is 6.29 Å². The molecule has 0 fully saturated rings. The Kier molecular flexibility index (Phi) is 37.3. The van der Waals surface area contributed by atoms with Gasteiger partial charge in [0.1, 0.15) is 6.29 Å². The monoisotopic (exact) mass is 526 g/mol. The summed E-state index contributed by atoms with van der Waals surface area (Å²) in [7, 11) is 1.95. The fraction of sp³-hybridized carbons (Fsp3) is 0.971. The lowest BCUT2D eigenvalue weighted by Gasteiger charge is -2.20. The third-order valence-corrected chi connectivity index (χ3v) is 7.80. The summed E-state index contributed by atoms with van der Waals surface area (Å²) < 4.78 is 0. The van der Waals surface area contributed by atoms with Crippen molar-refractivity contribution in [1.29, 1.82) is 0 Å². The number of likely N-dealkylation sites (N-methyl/N-ethyl adjacent to an activating group) is 1. The molecule has 0 aromatic rings. The molecule has 2 unspecified atom stereocenters. The molecule has 0 radical (unpaired) electrons. The third kappa shape index (κ3) is 33.6. The summed E-state index contributed by atoms with van der Waals surface area (Å²) in [6, 6.07) is 0.275. The number of unbranched alkanes of at least 4 members (excludes halogenated alkanes) is 23. The lowest BCUT2D eigenvalue weighted by molar-refractivity contribution is -0.107. The summed E-state index contributed by atoms with van der Waals surface area (Å²) in [5, 5.41) is 13.2. The smallest absolute Gasteiger partial charge is 0.119 e. The largest absolute Gasteiger partial charge is 0.392 e. The Morgan fingerprint density at radius 2 is 0.865 bits per heavy atom. The minimum absolute atomic E-state index is 0.164. The molecule has 0 aliphatic heterocycles. The van der Waals surface area contributed by atoms with E-state index in [9.17, 15) is 9.90 Å². The number of aldehydes is 1. The maximum Gasteiger partial charge on any atom is 0.119 e. The summed E-state index contributed by atoms with van der Waals surface area (Å²) in [4.78, 5) is 10.1. The normalized spacial score (nSPS) is 12.7. The summed E-state index contributed by atoms with van der Waals surface area (Å²) in [6.45, 7) is 6.68. The van der Waals surface area contributed by atoms with E-state index in [-0.39, 0.29) is 12.1 Å². The lowest BCUT2D eigenvalue weighted by atomic mass is 10.0. The van der Waals surface area contributed by atoms with Gasteiger partial charge in [0.15, 0.2) is 0 Å². The van der Waals surface area contributed by atoms with Gasteiger partial charge in [0.25, 0.3) is 0 Å². The van der Waals surface area contributed by atoms with Gasteiger partial charge in [0.05, 0.1) is 6.10 Å². The van der Waals surface area contributed by atoms with Gasteiger partial charge in [0.2, 0.25) is 0 Å². The molecule has 3 nitrogen and oxygen atoms in total. The van der Waals surface area contributed by atoms with Crippen molar-refractivity contribution in [3.63, 3.8) is 0 Å². The van der Waals surface area contributed by atoms with E-state index in [1.165, 1.54) is 148 Å². The van der Waals surface area contributed by atoms with E-state index in [1.54, 1.807) is 0 Å². The number of aliphatic hydroxyl groups excluding tert-OH is 1. The van der Waals surface area contributed by atoms with Crippen LogP contribution in [0.25, 0.3) is 0 Å². The maximum atomic E-state index is 10.1. The van der Waals surface area contributed by atoms with Crippen LogP contribution in [0.15, 0.2) is 0 Å². The zero-order valence-electron chi connectivity index (χ0n) is 26.2. The van der Waals surface area contributed by atoms with Gasteiger partial charge in [-0.15, -0.1) is 0 Å². The SMILES string of the molecule is CCCCCCCCCCCCCC=O.CCCCCCCCCCCCCCCC(O)C(CC)NC. The molecule has 0 saturated carbocycles. The second-order valence-electron chi connectivity index (χ2n) is 11.4. The van der Waals surface area contributed by atoms with Crippen molar-refractivity contribution in [1.82, 2.24) is 5.32 Å². The van der Waals surface area contributed by atoms with Gasteiger partial charge in [-0.05, 0) is 26.3 Å². The number of aliphatic hydroxyl groups is 1. The summed E-state index contributed by atoms with van der Waals surface area (Å²) >= 11 is 0. The van der Waals surface area contributed by atoms with E-state index >= 15 is 0 Å². The molecule has 0 saturated heterocycles. The molecule has 2 N–H and O–H groups in total. The van der Waals surface area contributed by atoms with Gasteiger partial charge in [-0.1, -0.05) is 168 Å². The van der Waals surface area contributed by atoms with E-state index < -0.39 is 0 Å². The molecule has 0 amide bonds. The second-order valence-corrected chi connectivity index (χ2v) is 11.4. The lowest BCUT2D eigenvalue weighted by Crippen LogP contribution is -2.36. The topological polar surface area (TPSA) is 49.3 Å². The predicted octanol–water partition coefficient (Wildman–Crippen LogP) is 10.7. The second kappa shape index (κ2) is 35.6. The minimum Gasteiger partial charge on any atom is -0.392 e. The van der Waals surface area contributed by atoms with Crippen molar-refractivity contribution in [2.75, 3.05) is 7.05 Å². The van der Waals surface area contributed by atoms with Crippen LogP contribution >= 0.6 is 0 Å². The predicted molar refractivity (Wildman–Crippen MR) is 167 cm³/mol. The summed E-state index contributed by atoms with van der Waals surface area (Å²) in [5.74, 6) is 0. The molecular weight excluding hydrogens is 454 g/mol. The fourth-order valence-corrected chi connectivity index (χ4v) is 5.13. The molecular formula is C34H71NO2. The van der Waals surface area contributed by atoms with E-state index in [4.69, 9.17) is 0 Å². The van der Waals surface area contributed by atoms with Gasteiger partial charge >= 0.3 is 0 Å². The first-order chi connectivity index (χ1) is 18.2. The number of nitrogens with one attached hydrogen (secondary N) is 1. The van der Waals surface area contributed by atoms with Crippen molar-refractivity contribution in [2.24, 2.45) is 0 Å². The molecule has 0 aromatic carbocycles. The minimum atomic E-state index is -0.164. The number of carbonyl (C=O) groups excluding carboxylic acids is 1. The van der Waals surface area contributed by atoms with Crippen LogP contribution < -0.4 is 5.32 Å². The van der Waals surface area contributed by atoms with Crippen LogP contribution in [-0.2, 0) is 4.79 Å². The zero-order valence-corrected chi connectivity index (χ0v) is 26.2. The highest BCUT2D eigenvalue weighted by molar-refractivity contribution is 5.48. The van der Waals surface area contributed by atoms with Crippen molar-refractivity contribution < 1.29 is 9.90 Å². The van der Waals surface area contributed by atoms with Gasteiger partial charge in [-0.3, -0.25) is 0 Å². The molecule has 0 aliphatic carbocycles. The molecule has 0 bridgehead atoms. The molecule has 0 spiro atoms. The van der Waals surface area contributed by atoms with Crippen LogP contribution in [0.5, 0.6) is 0 Å². The molecule has 37 heavy (non-hydrogen) atoms. The average molecular weight is 526 g/mol. The van der Waals surface area contributed by atoms with E-state index in [0.29, 0.717) is 0 Å². The summed E-state index contributed by atoms with van der Waals surface area (Å²) in [5.41, 5.74) is 0. The zero-order chi connectivity index (χ0) is 27.7. The van der Waals surface area contributed by atoms with Crippen LogP contribution in [0.4, 0.5) is 0 Å². The summed E-state index contributed by atoms with van der Waals surface area (Å²) in [6.07, 6.45) is 36.5. The maximum absolute atomic E-state index is 10.1. The molecule has 0 aromatic heterocycles. The highest BCUT2D eigenvalue weighted by Crippen LogP contribution is 2.15. The first-order valence-electron chi connectivity index (χ1n) is 17.0. The Labute approximate surface area is 234 Å². The number of hydrogen-bond donors (Lipinski definition) is 2. The average Bonchev–Trinajstić information content (AvgIpc) is 2.91. The molecule has 0 aliphatic rings. The van der Waals surface area contributed by atoms with Gasteiger partial charge in [0, 0.05) is 12.5 Å². The third-order valence-electron chi connectivity index (χ3n) is 7.80. The van der Waals surface area contributed by atoms with Crippen LogP contribution in [-0.4, -0.2) is 30.6 Å². The van der Waals surface area contributed by atoms with Crippen LogP contribution in [0.1, 0.15) is 194 Å².